The average molecular weight is 471 g/mol. The molecule has 7 heteroatoms. The number of aromatic nitrogens is 2. The Bertz CT molecular complexity index is 1280. The summed E-state index contributed by atoms with van der Waals surface area (Å²) in [5.41, 5.74) is 12.5. The molecule has 4 N–H and O–H groups in total. The molecule has 0 saturated heterocycles. The molecule has 0 atom stereocenters. The predicted molar refractivity (Wildman–Crippen MR) is 139 cm³/mol. The minimum atomic E-state index is -0.472. The first kappa shape index (κ1) is 25.2. The molecule has 7 nitrogen and oxygen atoms in total. The number of rotatable bonds is 9. The fraction of sp³-hybridized carbons (Fsp3) is 0.179. The molecule has 0 saturated carbocycles. The number of hydrogen-bond donors (Lipinski definition) is 3. The Morgan fingerprint density at radius 1 is 0.943 bits per heavy atom. The quantitative estimate of drug-likeness (QED) is 0.291. The molecule has 4 aromatic rings. The molecule has 1 amide bonds. The van der Waals surface area contributed by atoms with E-state index < -0.39 is 5.91 Å². The van der Waals surface area contributed by atoms with Crippen molar-refractivity contribution in [3.05, 3.63) is 95.7 Å². The van der Waals surface area contributed by atoms with Crippen LogP contribution in [0.2, 0.25) is 0 Å². The molecule has 0 aliphatic carbocycles. The number of aromatic amines is 1. The van der Waals surface area contributed by atoms with Crippen LogP contribution in [0.3, 0.4) is 0 Å². The number of anilines is 1. The fourth-order valence-corrected chi connectivity index (χ4v) is 3.76. The highest BCUT2D eigenvalue weighted by atomic mass is 16.5. The Hall–Kier alpha value is -4.39. The van der Waals surface area contributed by atoms with E-state index in [1.54, 1.807) is 25.3 Å². The zero-order chi connectivity index (χ0) is 23.9. The van der Waals surface area contributed by atoms with Gasteiger partial charge in [-0.15, -0.1) is 0 Å². The Kier molecular flexibility index (Phi) is 8.40. The van der Waals surface area contributed by atoms with Crippen LogP contribution >= 0.6 is 0 Å². The number of benzene rings is 3. The number of para-hydroxylation sites is 1. The van der Waals surface area contributed by atoms with Gasteiger partial charge in [0, 0.05) is 17.8 Å². The normalized spacial score (nSPS) is 10.3. The Morgan fingerprint density at radius 2 is 1.57 bits per heavy atom. The van der Waals surface area contributed by atoms with Crippen molar-refractivity contribution in [2.24, 2.45) is 5.73 Å². The molecule has 35 heavy (non-hydrogen) atoms. The minimum Gasteiger partial charge on any atom is -0.466 e. The van der Waals surface area contributed by atoms with E-state index in [1.807, 2.05) is 48.5 Å². The summed E-state index contributed by atoms with van der Waals surface area (Å²) >= 11 is 0. The lowest BCUT2D eigenvalue weighted by molar-refractivity contribution is -0.142. The molecule has 3 aromatic carbocycles. The number of primary amides is 1. The van der Waals surface area contributed by atoms with Gasteiger partial charge in [0.05, 0.1) is 30.5 Å². The molecular formula is C28H30N4O3. The van der Waals surface area contributed by atoms with E-state index >= 15 is 0 Å². The molecule has 180 valence electrons. The maximum absolute atomic E-state index is 11.7. The number of nitrogens with one attached hydrogen (secondary N) is 2. The SMILES string of the molecule is C.CCOC(=O)Cc1ccc(-c2ccc(-c3[nH]ncc3CNc3ccccc3C(N)=O)cc2)cc1. The van der Waals surface area contributed by atoms with Crippen molar-refractivity contribution in [1.29, 1.82) is 0 Å². The van der Waals surface area contributed by atoms with Gasteiger partial charge in [-0.2, -0.15) is 5.10 Å². The first-order chi connectivity index (χ1) is 16.5. The Labute approximate surface area is 205 Å². The van der Waals surface area contributed by atoms with Crippen LogP contribution < -0.4 is 11.1 Å². The van der Waals surface area contributed by atoms with Crippen LogP contribution in [0.15, 0.2) is 79.0 Å². The van der Waals surface area contributed by atoms with Crippen molar-refractivity contribution in [3.63, 3.8) is 0 Å². The standard InChI is InChI=1S/C27H26N4O3.CH4/c1-2-34-25(32)15-18-7-9-19(10-8-18)20-11-13-21(14-12-20)26-22(17-30-31-26)16-29-24-6-4-3-5-23(24)27(28)33;/h3-14,17,29H,2,15-16H2,1H3,(H2,28,33)(H,30,31);1H4. The number of H-pyrrole nitrogens is 1. The molecule has 0 aliphatic rings. The summed E-state index contributed by atoms with van der Waals surface area (Å²) in [5.74, 6) is -0.692. The number of carbonyl (C=O) groups excluding carboxylic acids is 2. The van der Waals surface area contributed by atoms with Crippen LogP contribution in [0.25, 0.3) is 22.4 Å². The highest BCUT2D eigenvalue weighted by Gasteiger charge is 2.11. The summed E-state index contributed by atoms with van der Waals surface area (Å²) < 4.78 is 5.01. The summed E-state index contributed by atoms with van der Waals surface area (Å²) in [6.45, 7) is 2.67. The smallest absolute Gasteiger partial charge is 0.310 e. The van der Waals surface area contributed by atoms with Crippen molar-refractivity contribution in [1.82, 2.24) is 10.2 Å². The van der Waals surface area contributed by atoms with E-state index in [0.717, 1.165) is 33.5 Å². The summed E-state index contributed by atoms with van der Waals surface area (Å²) in [7, 11) is 0. The van der Waals surface area contributed by atoms with Crippen molar-refractivity contribution < 1.29 is 14.3 Å². The van der Waals surface area contributed by atoms with Gasteiger partial charge in [-0.3, -0.25) is 14.7 Å². The number of ether oxygens (including phenoxy) is 1. The van der Waals surface area contributed by atoms with Gasteiger partial charge < -0.3 is 15.8 Å². The molecule has 4 rings (SSSR count). The molecular weight excluding hydrogens is 440 g/mol. The molecule has 1 aromatic heterocycles. The van der Waals surface area contributed by atoms with E-state index in [1.165, 1.54) is 0 Å². The van der Waals surface area contributed by atoms with Crippen LogP contribution in [-0.4, -0.2) is 28.7 Å². The van der Waals surface area contributed by atoms with Gasteiger partial charge in [-0.05, 0) is 41.3 Å². The lowest BCUT2D eigenvalue weighted by atomic mass is 10.00. The minimum absolute atomic E-state index is 0. The van der Waals surface area contributed by atoms with Crippen molar-refractivity contribution in [2.75, 3.05) is 11.9 Å². The number of esters is 1. The maximum atomic E-state index is 11.7. The average Bonchev–Trinajstić information content (AvgIpc) is 3.32. The third kappa shape index (κ3) is 6.14. The second-order valence-electron chi connectivity index (χ2n) is 7.79. The Morgan fingerprint density at radius 3 is 2.23 bits per heavy atom. The number of nitrogens with two attached hydrogens (primary N) is 1. The highest BCUT2D eigenvalue weighted by Crippen LogP contribution is 2.27. The number of hydrogen-bond acceptors (Lipinski definition) is 5. The molecule has 0 spiro atoms. The number of carbonyl (C=O) groups is 2. The zero-order valence-corrected chi connectivity index (χ0v) is 18.9. The van der Waals surface area contributed by atoms with Gasteiger partial charge in [-0.1, -0.05) is 68.1 Å². The van der Waals surface area contributed by atoms with Crippen LogP contribution in [0, 0.1) is 0 Å². The zero-order valence-electron chi connectivity index (χ0n) is 18.9. The van der Waals surface area contributed by atoms with E-state index in [9.17, 15) is 9.59 Å². The highest BCUT2D eigenvalue weighted by molar-refractivity contribution is 5.98. The lowest BCUT2D eigenvalue weighted by Gasteiger charge is -2.10. The molecule has 0 bridgehead atoms. The molecule has 0 aliphatic heterocycles. The summed E-state index contributed by atoms with van der Waals surface area (Å²) in [6.07, 6.45) is 2.04. The summed E-state index contributed by atoms with van der Waals surface area (Å²) in [4.78, 5) is 23.3. The van der Waals surface area contributed by atoms with E-state index in [2.05, 4.69) is 27.6 Å². The van der Waals surface area contributed by atoms with E-state index in [0.29, 0.717) is 24.4 Å². The predicted octanol–water partition coefficient (Wildman–Crippen LogP) is 5.20. The third-order valence-corrected chi connectivity index (χ3v) is 5.49. The maximum Gasteiger partial charge on any atom is 0.310 e. The monoisotopic (exact) mass is 470 g/mol. The first-order valence-electron chi connectivity index (χ1n) is 11.1. The van der Waals surface area contributed by atoms with Crippen LogP contribution in [0.1, 0.15) is 35.8 Å². The summed E-state index contributed by atoms with van der Waals surface area (Å²) in [6, 6.07) is 23.2. The van der Waals surface area contributed by atoms with Crippen molar-refractivity contribution >= 4 is 17.6 Å². The van der Waals surface area contributed by atoms with Gasteiger partial charge in [0.2, 0.25) is 0 Å². The van der Waals surface area contributed by atoms with Crippen molar-refractivity contribution in [2.45, 2.75) is 27.3 Å². The van der Waals surface area contributed by atoms with Crippen molar-refractivity contribution in [3.8, 4) is 22.4 Å². The second kappa shape index (κ2) is 11.7. The van der Waals surface area contributed by atoms with Crippen LogP contribution in [0.5, 0.6) is 0 Å². The molecule has 0 radical (unpaired) electrons. The van der Waals surface area contributed by atoms with Gasteiger partial charge in [0.1, 0.15) is 0 Å². The van der Waals surface area contributed by atoms with Gasteiger partial charge in [-0.25, -0.2) is 0 Å². The molecule has 0 fully saturated rings. The van der Waals surface area contributed by atoms with E-state index in [-0.39, 0.29) is 19.8 Å². The van der Waals surface area contributed by atoms with Gasteiger partial charge in [0.25, 0.3) is 5.91 Å². The Balaban J connectivity index is 0.00000342. The topological polar surface area (TPSA) is 110 Å². The largest absolute Gasteiger partial charge is 0.466 e. The second-order valence-corrected chi connectivity index (χ2v) is 7.79. The lowest BCUT2D eigenvalue weighted by Crippen LogP contribution is -2.14. The third-order valence-electron chi connectivity index (χ3n) is 5.49. The fourth-order valence-electron chi connectivity index (χ4n) is 3.76. The summed E-state index contributed by atoms with van der Waals surface area (Å²) in [5, 5.41) is 10.5. The van der Waals surface area contributed by atoms with E-state index in [4.69, 9.17) is 10.5 Å². The molecule has 0 unspecified atom stereocenters. The first-order valence-corrected chi connectivity index (χ1v) is 11.1. The number of nitrogens with zero attached hydrogens (tertiary/aromatic N) is 1. The number of amides is 1. The van der Waals surface area contributed by atoms with Gasteiger partial charge in [0.15, 0.2) is 0 Å². The molecule has 1 heterocycles. The van der Waals surface area contributed by atoms with Crippen LogP contribution in [0.4, 0.5) is 5.69 Å². The van der Waals surface area contributed by atoms with Gasteiger partial charge >= 0.3 is 5.97 Å². The van der Waals surface area contributed by atoms with Crippen LogP contribution in [-0.2, 0) is 22.5 Å².